The lowest BCUT2D eigenvalue weighted by Gasteiger charge is -2.03. The van der Waals surface area contributed by atoms with Crippen LogP contribution < -0.4 is 11.3 Å². The minimum Gasteiger partial charge on any atom is -0.399 e. The molecule has 2 heterocycles. The van der Waals surface area contributed by atoms with Gasteiger partial charge in [-0.2, -0.15) is 5.10 Å². The molecule has 20 heavy (non-hydrogen) atoms. The molecular weight excluding hydrogens is 254 g/mol. The fourth-order valence-electron chi connectivity index (χ4n) is 2.31. The van der Waals surface area contributed by atoms with Gasteiger partial charge in [-0.15, -0.1) is 0 Å². The third-order valence-electron chi connectivity index (χ3n) is 3.54. The van der Waals surface area contributed by atoms with Crippen LogP contribution in [0.2, 0.25) is 0 Å². The maximum absolute atomic E-state index is 12.1. The molecule has 0 aliphatic heterocycles. The lowest BCUT2D eigenvalue weighted by molar-refractivity contribution is 0.784. The molecule has 3 aromatic rings. The smallest absolute Gasteiger partial charge is 0.260 e. The highest BCUT2D eigenvalue weighted by molar-refractivity contribution is 5.81. The first-order chi connectivity index (χ1) is 9.70. The maximum atomic E-state index is 12.1. The zero-order chi connectivity index (χ0) is 13.7. The Morgan fingerprint density at radius 3 is 2.95 bits per heavy atom. The van der Waals surface area contributed by atoms with Gasteiger partial charge >= 0.3 is 0 Å². The predicted octanol–water partition coefficient (Wildman–Crippen LogP) is 1.57. The van der Waals surface area contributed by atoms with E-state index in [0.717, 1.165) is 5.69 Å². The van der Waals surface area contributed by atoms with Gasteiger partial charge in [0.25, 0.3) is 5.56 Å². The van der Waals surface area contributed by atoms with Gasteiger partial charge in [0.1, 0.15) is 0 Å². The fraction of sp³-hybridized carbons (Fsp3) is 0.214. The van der Waals surface area contributed by atoms with Gasteiger partial charge in [-0.3, -0.25) is 9.78 Å². The van der Waals surface area contributed by atoms with Gasteiger partial charge in [0.2, 0.25) is 5.95 Å². The lowest BCUT2D eigenvalue weighted by atomic mass is 10.2. The van der Waals surface area contributed by atoms with Crippen molar-refractivity contribution >= 4 is 16.6 Å². The van der Waals surface area contributed by atoms with Crippen LogP contribution in [0.15, 0.2) is 35.3 Å². The summed E-state index contributed by atoms with van der Waals surface area (Å²) >= 11 is 0. The van der Waals surface area contributed by atoms with Gasteiger partial charge in [-0.25, -0.2) is 9.67 Å². The Morgan fingerprint density at radius 1 is 1.30 bits per heavy atom. The quantitative estimate of drug-likeness (QED) is 0.690. The van der Waals surface area contributed by atoms with Crippen LogP contribution in [0.25, 0.3) is 16.9 Å². The SMILES string of the molecule is Nc1ccc2nc(-n3ccc(C4CC4)n3)[nH]c(=O)c2c1. The van der Waals surface area contributed by atoms with Gasteiger partial charge in [-0.05, 0) is 37.1 Å². The van der Waals surface area contributed by atoms with Crippen molar-refractivity contribution in [3.63, 3.8) is 0 Å². The van der Waals surface area contributed by atoms with Crippen molar-refractivity contribution in [1.82, 2.24) is 19.7 Å². The van der Waals surface area contributed by atoms with Crippen molar-refractivity contribution in [2.75, 3.05) is 5.73 Å². The number of aromatic amines is 1. The molecule has 6 nitrogen and oxygen atoms in total. The topological polar surface area (TPSA) is 89.6 Å². The van der Waals surface area contributed by atoms with E-state index >= 15 is 0 Å². The summed E-state index contributed by atoms with van der Waals surface area (Å²) in [5, 5.41) is 4.96. The van der Waals surface area contributed by atoms with E-state index in [1.165, 1.54) is 12.8 Å². The Kier molecular flexibility index (Phi) is 2.20. The second kappa shape index (κ2) is 3.93. The van der Waals surface area contributed by atoms with Crippen molar-refractivity contribution in [2.45, 2.75) is 18.8 Å². The van der Waals surface area contributed by atoms with Gasteiger partial charge in [0.15, 0.2) is 0 Å². The van der Waals surface area contributed by atoms with E-state index in [2.05, 4.69) is 15.1 Å². The summed E-state index contributed by atoms with van der Waals surface area (Å²) < 4.78 is 1.62. The molecule has 0 saturated heterocycles. The highest BCUT2D eigenvalue weighted by Gasteiger charge is 2.26. The average Bonchev–Trinajstić information content (AvgIpc) is 3.17. The zero-order valence-electron chi connectivity index (χ0n) is 10.7. The minimum absolute atomic E-state index is 0.208. The van der Waals surface area contributed by atoms with Gasteiger partial charge < -0.3 is 5.73 Å². The molecule has 1 saturated carbocycles. The van der Waals surface area contributed by atoms with Crippen molar-refractivity contribution in [1.29, 1.82) is 0 Å². The number of aromatic nitrogens is 4. The van der Waals surface area contributed by atoms with E-state index in [1.807, 2.05) is 12.3 Å². The minimum atomic E-state index is -0.208. The summed E-state index contributed by atoms with van der Waals surface area (Å²) in [7, 11) is 0. The maximum Gasteiger partial charge on any atom is 0.260 e. The molecule has 4 rings (SSSR count). The Bertz CT molecular complexity index is 859. The number of fused-ring (bicyclic) bond motifs is 1. The first-order valence-corrected chi connectivity index (χ1v) is 6.56. The highest BCUT2D eigenvalue weighted by Crippen LogP contribution is 2.38. The van der Waals surface area contributed by atoms with E-state index in [1.54, 1.807) is 22.9 Å². The molecule has 2 aromatic heterocycles. The Labute approximate surface area is 114 Å². The molecule has 0 bridgehead atoms. The van der Waals surface area contributed by atoms with Gasteiger partial charge in [-0.1, -0.05) is 0 Å². The van der Waals surface area contributed by atoms with E-state index in [0.29, 0.717) is 28.5 Å². The number of anilines is 1. The Balaban J connectivity index is 1.86. The lowest BCUT2D eigenvalue weighted by Crippen LogP contribution is -2.14. The third-order valence-corrected chi connectivity index (χ3v) is 3.54. The van der Waals surface area contributed by atoms with Crippen LogP contribution in [-0.2, 0) is 0 Å². The molecule has 1 fully saturated rings. The Hall–Kier alpha value is -2.63. The molecule has 0 amide bonds. The monoisotopic (exact) mass is 267 g/mol. The van der Waals surface area contributed by atoms with Gasteiger partial charge in [0, 0.05) is 17.8 Å². The summed E-state index contributed by atoms with van der Waals surface area (Å²) in [6.45, 7) is 0. The predicted molar refractivity (Wildman–Crippen MR) is 75.9 cm³/mol. The standard InChI is InChI=1S/C14H13N5O/c15-9-3-4-12-10(7-9)13(20)17-14(16-12)19-6-5-11(18-19)8-1-2-8/h3-8H,1-2,15H2,(H,16,17,20). The zero-order valence-corrected chi connectivity index (χ0v) is 10.7. The number of hydrogen-bond acceptors (Lipinski definition) is 4. The van der Waals surface area contributed by atoms with Crippen molar-refractivity contribution in [2.24, 2.45) is 0 Å². The van der Waals surface area contributed by atoms with E-state index in [-0.39, 0.29) is 5.56 Å². The normalized spacial score (nSPS) is 14.8. The first-order valence-electron chi connectivity index (χ1n) is 6.56. The van der Waals surface area contributed by atoms with Crippen LogP contribution in [0.1, 0.15) is 24.5 Å². The summed E-state index contributed by atoms with van der Waals surface area (Å²) in [5.41, 5.74) is 7.70. The molecule has 0 atom stereocenters. The summed E-state index contributed by atoms with van der Waals surface area (Å²) in [4.78, 5) is 19.3. The van der Waals surface area contributed by atoms with E-state index in [9.17, 15) is 4.79 Å². The summed E-state index contributed by atoms with van der Waals surface area (Å²) in [5.74, 6) is 1.00. The number of nitrogens with one attached hydrogen (secondary N) is 1. The van der Waals surface area contributed by atoms with Crippen molar-refractivity contribution in [3.05, 3.63) is 46.5 Å². The number of rotatable bonds is 2. The number of H-pyrrole nitrogens is 1. The van der Waals surface area contributed by atoms with Crippen LogP contribution in [-0.4, -0.2) is 19.7 Å². The molecule has 0 unspecified atom stereocenters. The molecule has 100 valence electrons. The number of hydrogen-bond donors (Lipinski definition) is 2. The third kappa shape index (κ3) is 1.77. The summed E-state index contributed by atoms with van der Waals surface area (Å²) in [6.07, 6.45) is 4.21. The molecule has 6 heteroatoms. The van der Waals surface area contributed by atoms with Crippen LogP contribution in [0.5, 0.6) is 0 Å². The second-order valence-corrected chi connectivity index (χ2v) is 5.13. The number of nitrogen functional groups attached to an aromatic ring is 1. The van der Waals surface area contributed by atoms with Crippen LogP contribution in [0, 0.1) is 0 Å². The molecule has 0 spiro atoms. The van der Waals surface area contributed by atoms with Crippen molar-refractivity contribution < 1.29 is 0 Å². The molecule has 1 aromatic carbocycles. The second-order valence-electron chi connectivity index (χ2n) is 5.13. The van der Waals surface area contributed by atoms with Crippen molar-refractivity contribution in [3.8, 4) is 5.95 Å². The van der Waals surface area contributed by atoms with Crippen LogP contribution in [0.4, 0.5) is 5.69 Å². The molecule has 3 N–H and O–H groups in total. The van der Waals surface area contributed by atoms with E-state index < -0.39 is 0 Å². The summed E-state index contributed by atoms with van der Waals surface area (Å²) in [6, 6.07) is 7.08. The number of benzene rings is 1. The number of nitrogens with two attached hydrogens (primary N) is 1. The number of nitrogens with zero attached hydrogens (tertiary/aromatic N) is 3. The largest absolute Gasteiger partial charge is 0.399 e. The van der Waals surface area contributed by atoms with Gasteiger partial charge in [0.05, 0.1) is 16.6 Å². The van der Waals surface area contributed by atoms with Crippen LogP contribution in [0.3, 0.4) is 0 Å². The van der Waals surface area contributed by atoms with E-state index in [4.69, 9.17) is 5.73 Å². The fourth-order valence-corrected chi connectivity index (χ4v) is 2.31. The molecular formula is C14H13N5O. The Morgan fingerprint density at radius 2 is 2.15 bits per heavy atom. The molecule has 1 aliphatic carbocycles. The first kappa shape index (κ1) is 11.2. The molecule has 1 aliphatic rings. The van der Waals surface area contributed by atoms with Crippen LogP contribution >= 0.6 is 0 Å². The molecule has 0 radical (unpaired) electrons. The average molecular weight is 267 g/mol. The highest BCUT2D eigenvalue weighted by atomic mass is 16.1.